The number of hydrogen-bond donors (Lipinski definition) is 1. The Labute approximate surface area is 134 Å². The Bertz CT molecular complexity index is 777. The fraction of sp³-hybridized carbons (Fsp3) is 0.250. The third-order valence-electron chi connectivity index (χ3n) is 2.73. The van der Waals surface area contributed by atoms with Crippen molar-refractivity contribution in [3.8, 4) is 0 Å². The summed E-state index contributed by atoms with van der Waals surface area (Å²) in [7, 11) is -2.38. The summed E-state index contributed by atoms with van der Waals surface area (Å²) in [5.41, 5.74) is 0. The van der Waals surface area contributed by atoms with Crippen molar-refractivity contribution in [1.82, 2.24) is 4.31 Å². The zero-order valence-corrected chi connectivity index (χ0v) is 14.4. The van der Waals surface area contributed by atoms with Gasteiger partial charge in [-0.15, -0.1) is 11.3 Å². The second-order valence-electron chi connectivity index (χ2n) is 4.33. The molecule has 0 aliphatic carbocycles. The van der Waals surface area contributed by atoms with E-state index in [1.807, 2.05) is 0 Å². The van der Waals surface area contributed by atoms with E-state index in [0.29, 0.717) is 11.5 Å². The van der Waals surface area contributed by atoms with Crippen LogP contribution in [0.15, 0.2) is 31.3 Å². The minimum absolute atomic E-state index is 0.0392. The van der Waals surface area contributed by atoms with Gasteiger partial charge in [0.25, 0.3) is 0 Å². The molecule has 0 aliphatic heterocycles. The Morgan fingerprint density at radius 1 is 1.48 bits per heavy atom. The van der Waals surface area contributed by atoms with Crippen molar-refractivity contribution >= 4 is 43.3 Å². The van der Waals surface area contributed by atoms with Gasteiger partial charge in [0.15, 0.2) is 0 Å². The molecule has 2 heterocycles. The molecule has 0 radical (unpaired) electrons. The topological polar surface area (TPSA) is 87.8 Å². The highest BCUT2D eigenvalue weighted by atomic mass is 79.9. The summed E-state index contributed by atoms with van der Waals surface area (Å²) in [6.07, 6.45) is 0. The molecule has 0 spiro atoms. The lowest BCUT2D eigenvalue weighted by Gasteiger charge is -2.15. The van der Waals surface area contributed by atoms with E-state index in [1.165, 1.54) is 7.05 Å². The molecule has 0 aliphatic rings. The van der Waals surface area contributed by atoms with E-state index < -0.39 is 16.0 Å². The fourth-order valence-corrected chi connectivity index (χ4v) is 5.16. The Kier molecular flexibility index (Phi) is 4.57. The molecular formula is C12H12BrNO5S2. The molecule has 6 nitrogen and oxygen atoms in total. The lowest BCUT2D eigenvalue weighted by atomic mass is 10.4. The molecule has 0 bridgehead atoms. The number of carbonyl (C=O) groups is 1. The van der Waals surface area contributed by atoms with Gasteiger partial charge in [-0.2, -0.15) is 4.31 Å². The lowest BCUT2D eigenvalue weighted by Crippen LogP contribution is -2.26. The van der Waals surface area contributed by atoms with Gasteiger partial charge in [0.05, 0.1) is 10.3 Å². The van der Waals surface area contributed by atoms with Crippen molar-refractivity contribution in [1.29, 1.82) is 0 Å². The van der Waals surface area contributed by atoms with E-state index in [1.54, 1.807) is 19.1 Å². The largest absolute Gasteiger partial charge is 0.477 e. The quantitative estimate of drug-likeness (QED) is 0.843. The smallest absolute Gasteiger partial charge is 0.345 e. The normalized spacial score (nSPS) is 12.0. The predicted octanol–water partition coefficient (Wildman–Crippen LogP) is 2.93. The fourth-order valence-electron chi connectivity index (χ4n) is 1.68. The molecule has 2 aromatic heterocycles. The average Bonchev–Trinajstić information content (AvgIpc) is 2.96. The predicted molar refractivity (Wildman–Crippen MR) is 81.1 cm³/mol. The van der Waals surface area contributed by atoms with Crippen molar-refractivity contribution in [2.75, 3.05) is 7.05 Å². The third-order valence-corrected chi connectivity index (χ3v) is 6.77. The van der Waals surface area contributed by atoms with E-state index in [0.717, 1.165) is 21.7 Å². The summed E-state index contributed by atoms with van der Waals surface area (Å²) in [6, 6.07) is 4.60. The first-order chi connectivity index (χ1) is 9.71. The van der Waals surface area contributed by atoms with Gasteiger partial charge in [-0.3, -0.25) is 0 Å². The molecule has 2 rings (SSSR count). The molecule has 114 valence electrons. The Morgan fingerprint density at radius 2 is 2.14 bits per heavy atom. The summed E-state index contributed by atoms with van der Waals surface area (Å²) in [4.78, 5) is 10.8. The van der Waals surface area contributed by atoms with E-state index in [2.05, 4.69) is 15.9 Å². The van der Waals surface area contributed by atoms with E-state index in [-0.39, 0.29) is 20.1 Å². The van der Waals surface area contributed by atoms with Gasteiger partial charge in [-0.1, -0.05) is 0 Å². The third kappa shape index (κ3) is 3.37. The van der Waals surface area contributed by atoms with Crippen LogP contribution in [-0.2, 0) is 16.6 Å². The van der Waals surface area contributed by atoms with Crippen LogP contribution in [0.1, 0.15) is 21.2 Å². The maximum atomic E-state index is 12.5. The van der Waals surface area contributed by atoms with Crippen LogP contribution in [-0.4, -0.2) is 30.8 Å². The van der Waals surface area contributed by atoms with Gasteiger partial charge >= 0.3 is 5.97 Å². The van der Waals surface area contributed by atoms with Gasteiger partial charge in [0.2, 0.25) is 10.0 Å². The molecule has 1 N–H and O–H groups in total. The van der Waals surface area contributed by atoms with Crippen LogP contribution in [0.5, 0.6) is 0 Å². The highest BCUT2D eigenvalue weighted by molar-refractivity contribution is 9.11. The number of carboxylic acid groups (broad SMARTS) is 1. The number of thiophene rings is 1. The zero-order chi connectivity index (χ0) is 15.8. The van der Waals surface area contributed by atoms with E-state index in [9.17, 15) is 13.2 Å². The molecule has 0 saturated carbocycles. The average molecular weight is 394 g/mol. The summed E-state index contributed by atoms with van der Waals surface area (Å²) in [6.45, 7) is 1.84. The van der Waals surface area contributed by atoms with Crippen molar-refractivity contribution in [3.63, 3.8) is 0 Å². The molecule has 2 aromatic rings. The van der Waals surface area contributed by atoms with Crippen molar-refractivity contribution in [2.24, 2.45) is 0 Å². The number of furan rings is 1. The first-order valence-electron chi connectivity index (χ1n) is 5.76. The first-order valence-corrected chi connectivity index (χ1v) is 8.81. The van der Waals surface area contributed by atoms with Gasteiger partial charge < -0.3 is 9.52 Å². The van der Waals surface area contributed by atoms with E-state index in [4.69, 9.17) is 9.52 Å². The number of aryl methyl sites for hydroxylation is 1. The zero-order valence-electron chi connectivity index (χ0n) is 11.2. The molecule has 0 fully saturated rings. The molecule has 9 heteroatoms. The monoisotopic (exact) mass is 393 g/mol. The first kappa shape index (κ1) is 16.2. The Morgan fingerprint density at radius 3 is 2.62 bits per heavy atom. The number of aromatic carboxylic acids is 1. The van der Waals surface area contributed by atoms with Gasteiger partial charge in [-0.25, -0.2) is 13.2 Å². The number of halogens is 1. The number of rotatable bonds is 5. The summed E-state index contributed by atoms with van der Waals surface area (Å²) in [5.74, 6) is 0.0514. The van der Waals surface area contributed by atoms with Gasteiger partial charge in [-0.05, 0) is 41.1 Å². The van der Waals surface area contributed by atoms with E-state index >= 15 is 0 Å². The summed E-state index contributed by atoms with van der Waals surface area (Å²) < 4.78 is 31.7. The molecule has 0 aromatic carbocycles. The van der Waals surface area contributed by atoms with Gasteiger partial charge in [0.1, 0.15) is 21.3 Å². The highest BCUT2D eigenvalue weighted by Crippen LogP contribution is 2.33. The Balaban J connectivity index is 2.30. The van der Waals surface area contributed by atoms with Crippen molar-refractivity contribution < 1.29 is 22.7 Å². The van der Waals surface area contributed by atoms with Crippen LogP contribution < -0.4 is 0 Å². The molecule has 0 unspecified atom stereocenters. The summed E-state index contributed by atoms with van der Waals surface area (Å²) >= 11 is 3.97. The Hall–Kier alpha value is -1.16. The molecule has 0 amide bonds. The van der Waals surface area contributed by atoms with Crippen LogP contribution in [0.2, 0.25) is 0 Å². The molecule has 21 heavy (non-hydrogen) atoms. The molecule has 0 saturated heterocycles. The standard InChI is InChI=1S/C12H12BrNO5S2/c1-7-3-4-8(19-7)6-14(2)21(17,18)10-5-9(12(15)16)20-11(10)13/h3-5H,6H2,1-2H3,(H,15,16). The molecule has 0 atom stereocenters. The maximum absolute atomic E-state index is 12.5. The number of carboxylic acids is 1. The van der Waals surface area contributed by atoms with Crippen LogP contribution in [0, 0.1) is 6.92 Å². The number of hydrogen-bond acceptors (Lipinski definition) is 5. The van der Waals surface area contributed by atoms with Crippen molar-refractivity contribution in [2.45, 2.75) is 18.4 Å². The second kappa shape index (κ2) is 5.91. The highest BCUT2D eigenvalue weighted by Gasteiger charge is 2.27. The maximum Gasteiger partial charge on any atom is 0.345 e. The SMILES string of the molecule is Cc1ccc(CN(C)S(=O)(=O)c2cc(C(=O)O)sc2Br)o1. The van der Waals surface area contributed by atoms with Crippen molar-refractivity contribution in [3.05, 3.63) is 38.4 Å². The van der Waals surface area contributed by atoms with Crippen LogP contribution >= 0.6 is 27.3 Å². The van der Waals surface area contributed by atoms with Gasteiger partial charge in [0, 0.05) is 7.05 Å². The minimum Gasteiger partial charge on any atom is -0.477 e. The second-order valence-corrected chi connectivity index (χ2v) is 8.71. The minimum atomic E-state index is -3.80. The summed E-state index contributed by atoms with van der Waals surface area (Å²) in [5, 5.41) is 8.93. The number of nitrogens with zero attached hydrogens (tertiary/aromatic N) is 1. The molecular weight excluding hydrogens is 382 g/mol. The van der Waals surface area contributed by atoms with Crippen LogP contribution in [0.25, 0.3) is 0 Å². The van der Waals surface area contributed by atoms with Crippen LogP contribution in [0.4, 0.5) is 0 Å². The number of sulfonamides is 1. The lowest BCUT2D eigenvalue weighted by molar-refractivity contribution is 0.0702. The van der Waals surface area contributed by atoms with Crippen LogP contribution in [0.3, 0.4) is 0 Å².